The van der Waals surface area contributed by atoms with Crippen LogP contribution in [0.15, 0.2) is 34.9 Å². The third-order valence-electron chi connectivity index (χ3n) is 3.91. The molecule has 5 heteroatoms. The van der Waals surface area contributed by atoms with E-state index in [0.717, 1.165) is 35.7 Å². The Morgan fingerprint density at radius 3 is 3.05 bits per heavy atom. The maximum Gasteiger partial charge on any atom is 0.228 e. The van der Waals surface area contributed by atoms with Crippen LogP contribution in [0.4, 0.5) is 5.69 Å². The van der Waals surface area contributed by atoms with E-state index in [1.165, 1.54) is 0 Å². The van der Waals surface area contributed by atoms with Crippen molar-refractivity contribution in [3.8, 4) is 0 Å². The van der Waals surface area contributed by atoms with Gasteiger partial charge in [-0.05, 0) is 25.0 Å². The zero-order chi connectivity index (χ0) is 14.8. The van der Waals surface area contributed by atoms with Crippen molar-refractivity contribution in [3.05, 3.63) is 47.3 Å². The van der Waals surface area contributed by atoms with Crippen molar-refractivity contribution in [1.82, 2.24) is 10.5 Å². The Hall–Kier alpha value is -2.30. The van der Waals surface area contributed by atoms with Crippen molar-refractivity contribution in [2.24, 2.45) is 0 Å². The number of carbonyl (C=O) groups is 1. The van der Waals surface area contributed by atoms with Crippen LogP contribution in [0.1, 0.15) is 29.4 Å². The Morgan fingerprint density at radius 2 is 2.29 bits per heavy atom. The molecule has 0 saturated carbocycles. The molecule has 1 N–H and O–H groups in total. The molecule has 0 fully saturated rings. The first-order valence-corrected chi connectivity index (χ1v) is 7.15. The Labute approximate surface area is 123 Å². The first-order valence-electron chi connectivity index (χ1n) is 7.15. The predicted octanol–water partition coefficient (Wildman–Crippen LogP) is 2.22. The number of rotatable bonds is 3. The average Bonchev–Trinajstić information content (AvgIpc) is 2.91. The summed E-state index contributed by atoms with van der Waals surface area (Å²) < 4.78 is 5.00. The number of hydrogen-bond donors (Lipinski definition) is 1. The summed E-state index contributed by atoms with van der Waals surface area (Å²) >= 11 is 0. The summed E-state index contributed by atoms with van der Waals surface area (Å²) in [6.45, 7) is 3.13. The second kappa shape index (κ2) is 5.60. The Bertz CT molecular complexity index is 650. The number of benzene rings is 1. The molecule has 1 aliphatic rings. The zero-order valence-electron chi connectivity index (χ0n) is 12.3. The zero-order valence-corrected chi connectivity index (χ0v) is 12.3. The summed E-state index contributed by atoms with van der Waals surface area (Å²) in [4.78, 5) is 14.7. The first-order chi connectivity index (χ1) is 10.1. The van der Waals surface area contributed by atoms with Crippen LogP contribution in [0.3, 0.4) is 0 Å². The number of anilines is 1. The van der Waals surface area contributed by atoms with Gasteiger partial charge in [-0.3, -0.25) is 4.79 Å². The minimum Gasteiger partial charge on any atom is -0.374 e. The van der Waals surface area contributed by atoms with Gasteiger partial charge in [0, 0.05) is 25.3 Å². The normalized spacial score (nSPS) is 17.4. The van der Waals surface area contributed by atoms with Gasteiger partial charge < -0.3 is 14.7 Å². The number of carbonyl (C=O) groups excluding carboxylic acids is 1. The van der Waals surface area contributed by atoms with Crippen LogP contribution in [0.25, 0.3) is 0 Å². The molecule has 0 bridgehead atoms. The van der Waals surface area contributed by atoms with Crippen LogP contribution >= 0.6 is 0 Å². The van der Waals surface area contributed by atoms with Crippen molar-refractivity contribution in [3.63, 3.8) is 0 Å². The molecule has 1 amide bonds. The highest BCUT2D eigenvalue weighted by molar-refractivity contribution is 5.86. The van der Waals surface area contributed by atoms with E-state index < -0.39 is 0 Å². The Morgan fingerprint density at radius 1 is 1.48 bits per heavy atom. The van der Waals surface area contributed by atoms with Crippen molar-refractivity contribution >= 4 is 11.6 Å². The minimum absolute atomic E-state index is 0.0520. The van der Waals surface area contributed by atoms with Gasteiger partial charge in [0.2, 0.25) is 5.91 Å². The van der Waals surface area contributed by atoms with E-state index in [9.17, 15) is 4.79 Å². The van der Waals surface area contributed by atoms with Gasteiger partial charge in [-0.2, -0.15) is 0 Å². The smallest absolute Gasteiger partial charge is 0.228 e. The van der Waals surface area contributed by atoms with Gasteiger partial charge in [-0.25, -0.2) is 0 Å². The first kappa shape index (κ1) is 13.7. The van der Waals surface area contributed by atoms with E-state index in [4.69, 9.17) is 4.52 Å². The standard InChI is InChI=1S/C16H19N3O2/c1-11-9-12(18-21-11)10-17-16(20)14-7-8-19(2)15-6-4-3-5-13(14)15/h3-6,9,14H,7-8,10H2,1-2H3,(H,17,20)/t14-/m0/s1. The third-order valence-corrected chi connectivity index (χ3v) is 3.91. The summed E-state index contributed by atoms with van der Waals surface area (Å²) in [7, 11) is 2.06. The number of fused-ring (bicyclic) bond motifs is 1. The van der Waals surface area contributed by atoms with E-state index in [2.05, 4.69) is 28.5 Å². The molecule has 2 aromatic rings. The van der Waals surface area contributed by atoms with E-state index in [1.807, 2.05) is 31.2 Å². The molecule has 3 rings (SSSR count). The van der Waals surface area contributed by atoms with Crippen LogP contribution < -0.4 is 10.2 Å². The van der Waals surface area contributed by atoms with Gasteiger partial charge in [0.25, 0.3) is 0 Å². The highest BCUT2D eigenvalue weighted by Gasteiger charge is 2.28. The molecule has 110 valence electrons. The van der Waals surface area contributed by atoms with Gasteiger partial charge in [0.15, 0.2) is 0 Å². The van der Waals surface area contributed by atoms with Gasteiger partial charge in [-0.15, -0.1) is 0 Å². The fraction of sp³-hybridized carbons (Fsp3) is 0.375. The summed E-state index contributed by atoms with van der Waals surface area (Å²) in [6, 6.07) is 9.93. The second-order valence-electron chi connectivity index (χ2n) is 5.47. The molecule has 1 aromatic heterocycles. The number of nitrogens with one attached hydrogen (secondary N) is 1. The summed E-state index contributed by atoms with van der Waals surface area (Å²) in [6.07, 6.45) is 0.831. The number of hydrogen-bond acceptors (Lipinski definition) is 4. The number of nitrogens with zero attached hydrogens (tertiary/aromatic N) is 2. The van der Waals surface area contributed by atoms with Crippen LogP contribution in [-0.4, -0.2) is 24.7 Å². The number of amides is 1. The van der Waals surface area contributed by atoms with E-state index >= 15 is 0 Å². The Balaban J connectivity index is 1.72. The molecular formula is C16H19N3O2. The van der Waals surface area contributed by atoms with E-state index in [0.29, 0.717) is 6.54 Å². The summed E-state index contributed by atoms with van der Waals surface area (Å²) in [5, 5.41) is 6.85. The van der Waals surface area contributed by atoms with Gasteiger partial charge in [-0.1, -0.05) is 23.4 Å². The van der Waals surface area contributed by atoms with Gasteiger partial charge in [0.1, 0.15) is 11.5 Å². The summed E-state index contributed by atoms with van der Waals surface area (Å²) in [5.74, 6) is 0.713. The molecule has 0 aliphatic carbocycles. The minimum atomic E-state index is -0.0922. The maximum atomic E-state index is 12.5. The molecule has 0 saturated heterocycles. The van der Waals surface area contributed by atoms with Crippen molar-refractivity contribution in [2.75, 3.05) is 18.5 Å². The molecular weight excluding hydrogens is 266 g/mol. The van der Waals surface area contributed by atoms with Crippen molar-refractivity contribution < 1.29 is 9.32 Å². The van der Waals surface area contributed by atoms with Crippen LogP contribution in [0.2, 0.25) is 0 Å². The monoisotopic (exact) mass is 285 g/mol. The quantitative estimate of drug-likeness (QED) is 0.939. The lowest BCUT2D eigenvalue weighted by molar-refractivity contribution is -0.122. The fourth-order valence-corrected chi connectivity index (χ4v) is 2.80. The van der Waals surface area contributed by atoms with Crippen LogP contribution in [-0.2, 0) is 11.3 Å². The molecule has 1 aliphatic heterocycles. The predicted molar refractivity (Wildman–Crippen MR) is 80.2 cm³/mol. The van der Waals surface area contributed by atoms with E-state index in [1.54, 1.807) is 0 Å². The lowest BCUT2D eigenvalue weighted by Gasteiger charge is -2.32. The molecule has 5 nitrogen and oxygen atoms in total. The van der Waals surface area contributed by atoms with Crippen LogP contribution in [0, 0.1) is 6.92 Å². The lowest BCUT2D eigenvalue weighted by atomic mass is 9.89. The van der Waals surface area contributed by atoms with Crippen molar-refractivity contribution in [2.45, 2.75) is 25.8 Å². The largest absolute Gasteiger partial charge is 0.374 e. The highest BCUT2D eigenvalue weighted by atomic mass is 16.5. The highest BCUT2D eigenvalue weighted by Crippen LogP contribution is 2.34. The molecule has 1 aromatic carbocycles. The van der Waals surface area contributed by atoms with Crippen molar-refractivity contribution in [1.29, 1.82) is 0 Å². The fourth-order valence-electron chi connectivity index (χ4n) is 2.80. The lowest BCUT2D eigenvalue weighted by Crippen LogP contribution is -2.35. The maximum absolute atomic E-state index is 12.5. The third kappa shape index (κ3) is 2.77. The topological polar surface area (TPSA) is 58.4 Å². The number of aryl methyl sites for hydroxylation is 1. The average molecular weight is 285 g/mol. The number of para-hydroxylation sites is 1. The van der Waals surface area contributed by atoms with E-state index in [-0.39, 0.29) is 11.8 Å². The Kier molecular flexibility index (Phi) is 3.64. The number of aromatic nitrogens is 1. The molecule has 0 unspecified atom stereocenters. The molecule has 0 spiro atoms. The van der Waals surface area contributed by atoms with Gasteiger partial charge in [0.05, 0.1) is 12.5 Å². The van der Waals surface area contributed by atoms with Gasteiger partial charge >= 0.3 is 0 Å². The molecule has 1 atom stereocenters. The SMILES string of the molecule is Cc1cc(CNC(=O)[C@H]2CCN(C)c3ccccc32)no1. The summed E-state index contributed by atoms with van der Waals surface area (Å²) in [5.41, 5.74) is 2.99. The van der Waals surface area contributed by atoms with Crippen LogP contribution in [0.5, 0.6) is 0 Å². The molecule has 0 radical (unpaired) electrons. The molecule has 2 heterocycles. The molecule has 21 heavy (non-hydrogen) atoms. The second-order valence-corrected chi connectivity index (χ2v) is 5.47.